The molecular weight excluding hydrogens is 240 g/mol. The fourth-order valence-corrected chi connectivity index (χ4v) is 3.58. The lowest BCUT2D eigenvalue weighted by molar-refractivity contribution is -0.139. The first-order valence-corrected chi connectivity index (χ1v) is 6.84. The molecule has 0 bridgehead atoms. The van der Waals surface area contributed by atoms with Crippen LogP contribution in [0.1, 0.15) is 23.2 Å². The van der Waals surface area contributed by atoms with E-state index in [0.717, 1.165) is 13.0 Å². The van der Waals surface area contributed by atoms with Crippen LogP contribution in [0.25, 0.3) is 10.9 Å². The summed E-state index contributed by atoms with van der Waals surface area (Å²) < 4.78 is 2.40. The maximum absolute atomic E-state index is 11.2. The van der Waals surface area contributed by atoms with Crippen molar-refractivity contribution in [2.75, 3.05) is 0 Å². The van der Waals surface area contributed by atoms with Gasteiger partial charge in [0.25, 0.3) is 0 Å². The highest BCUT2D eigenvalue weighted by molar-refractivity contribution is 5.90. The molecule has 4 heteroatoms. The summed E-state index contributed by atoms with van der Waals surface area (Å²) in [4.78, 5) is 11.2. The smallest absolute Gasteiger partial charge is 0.321 e. The number of nitrogens with zero attached hydrogens (tertiary/aromatic N) is 1. The standard InChI is InChI=1S/C15H16N2O2/c18-15(19)12-7-11-10-5-1-3-9-4-2-6-17(14(9)10)13(11)8-16-12/h1,3,5,12,16H,2,4,6-8H2,(H,18,19). The minimum Gasteiger partial charge on any atom is -0.480 e. The average molecular weight is 256 g/mol. The second-order valence-corrected chi connectivity index (χ2v) is 5.47. The molecule has 1 aromatic heterocycles. The van der Waals surface area contributed by atoms with Crippen molar-refractivity contribution in [1.29, 1.82) is 0 Å². The van der Waals surface area contributed by atoms with Gasteiger partial charge >= 0.3 is 5.97 Å². The quantitative estimate of drug-likeness (QED) is 0.816. The van der Waals surface area contributed by atoms with E-state index in [9.17, 15) is 9.90 Å². The van der Waals surface area contributed by atoms with E-state index in [4.69, 9.17) is 0 Å². The molecule has 19 heavy (non-hydrogen) atoms. The van der Waals surface area contributed by atoms with Crippen molar-refractivity contribution in [2.45, 2.75) is 38.4 Å². The maximum atomic E-state index is 11.2. The molecule has 1 unspecified atom stereocenters. The predicted molar refractivity (Wildman–Crippen MR) is 72.2 cm³/mol. The molecular formula is C15H16N2O2. The first kappa shape index (κ1) is 11.1. The van der Waals surface area contributed by atoms with E-state index in [-0.39, 0.29) is 0 Å². The molecule has 0 spiro atoms. The Morgan fingerprint density at radius 2 is 2.32 bits per heavy atom. The number of para-hydroxylation sites is 1. The fraction of sp³-hybridized carbons (Fsp3) is 0.400. The van der Waals surface area contributed by atoms with Crippen LogP contribution in [0.15, 0.2) is 18.2 Å². The van der Waals surface area contributed by atoms with Gasteiger partial charge < -0.3 is 9.67 Å². The number of carboxylic acid groups (broad SMARTS) is 1. The molecule has 1 aromatic carbocycles. The van der Waals surface area contributed by atoms with Gasteiger partial charge in [-0.1, -0.05) is 18.2 Å². The summed E-state index contributed by atoms with van der Waals surface area (Å²) in [5.41, 5.74) is 5.28. The Balaban J connectivity index is 1.96. The highest BCUT2D eigenvalue weighted by Gasteiger charge is 2.30. The van der Waals surface area contributed by atoms with Crippen LogP contribution >= 0.6 is 0 Å². The van der Waals surface area contributed by atoms with E-state index in [0.29, 0.717) is 13.0 Å². The van der Waals surface area contributed by atoms with Crippen molar-refractivity contribution >= 4 is 16.9 Å². The minimum atomic E-state index is -0.752. The van der Waals surface area contributed by atoms with Crippen molar-refractivity contribution in [2.24, 2.45) is 0 Å². The molecule has 3 heterocycles. The van der Waals surface area contributed by atoms with Gasteiger partial charge in [-0.05, 0) is 24.0 Å². The lowest BCUT2D eigenvalue weighted by atomic mass is 9.97. The lowest BCUT2D eigenvalue weighted by Gasteiger charge is -2.23. The first-order chi connectivity index (χ1) is 9.25. The third-order valence-electron chi connectivity index (χ3n) is 4.44. The van der Waals surface area contributed by atoms with E-state index in [1.165, 1.54) is 34.1 Å². The van der Waals surface area contributed by atoms with Crippen LogP contribution in [0.5, 0.6) is 0 Å². The average Bonchev–Trinajstić information content (AvgIpc) is 2.76. The largest absolute Gasteiger partial charge is 0.480 e. The number of aliphatic carboxylic acids is 1. The predicted octanol–water partition coefficient (Wildman–Crippen LogP) is 1.69. The zero-order valence-corrected chi connectivity index (χ0v) is 10.6. The molecule has 2 N–H and O–H groups in total. The molecule has 0 radical (unpaired) electrons. The second kappa shape index (κ2) is 3.84. The third-order valence-corrected chi connectivity index (χ3v) is 4.44. The van der Waals surface area contributed by atoms with Gasteiger partial charge in [0.15, 0.2) is 0 Å². The fourth-order valence-electron chi connectivity index (χ4n) is 3.58. The summed E-state index contributed by atoms with van der Waals surface area (Å²) in [5, 5.41) is 13.6. The number of aryl methyl sites for hydroxylation is 2. The van der Waals surface area contributed by atoms with Crippen molar-refractivity contribution < 1.29 is 9.90 Å². The number of aromatic nitrogens is 1. The van der Waals surface area contributed by atoms with Crippen LogP contribution in [0, 0.1) is 0 Å². The number of hydrogen-bond donors (Lipinski definition) is 2. The monoisotopic (exact) mass is 256 g/mol. The highest BCUT2D eigenvalue weighted by Crippen LogP contribution is 2.35. The van der Waals surface area contributed by atoms with E-state index in [1.807, 2.05) is 0 Å². The molecule has 0 amide bonds. The number of nitrogens with one attached hydrogen (secondary N) is 1. The number of rotatable bonds is 1. The molecule has 2 aromatic rings. The molecule has 1 atom stereocenters. The van der Waals surface area contributed by atoms with E-state index >= 15 is 0 Å². The summed E-state index contributed by atoms with van der Waals surface area (Å²) in [7, 11) is 0. The number of carbonyl (C=O) groups is 1. The number of benzene rings is 1. The Bertz CT molecular complexity index is 687. The number of fused-ring (bicyclic) bond motifs is 3. The Morgan fingerprint density at radius 1 is 1.42 bits per heavy atom. The SMILES string of the molecule is O=C(O)C1Cc2c(n3c4c(cccc24)CCC3)CN1. The molecule has 0 fully saturated rings. The van der Waals surface area contributed by atoms with Crippen molar-refractivity contribution in [3.63, 3.8) is 0 Å². The summed E-state index contributed by atoms with van der Waals surface area (Å²) >= 11 is 0. The van der Waals surface area contributed by atoms with Crippen molar-refractivity contribution in [1.82, 2.24) is 9.88 Å². The van der Waals surface area contributed by atoms with Crippen molar-refractivity contribution in [3.8, 4) is 0 Å². The third kappa shape index (κ3) is 1.46. The van der Waals surface area contributed by atoms with Gasteiger partial charge in [-0.3, -0.25) is 10.1 Å². The zero-order valence-electron chi connectivity index (χ0n) is 10.6. The Hall–Kier alpha value is -1.81. The van der Waals surface area contributed by atoms with Crippen LogP contribution < -0.4 is 5.32 Å². The molecule has 0 aliphatic carbocycles. The zero-order chi connectivity index (χ0) is 13.0. The highest BCUT2D eigenvalue weighted by atomic mass is 16.4. The van der Waals surface area contributed by atoms with Crippen molar-refractivity contribution in [3.05, 3.63) is 35.0 Å². The Kier molecular flexibility index (Phi) is 2.23. The normalized spacial score (nSPS) is 21.4. The molecule has 4 rings (SSSR count). The Labute approximate surface area is 111 Å². The molecule has 0 saturated heterocycles. The number of carboxylic acids is 1. The lowest BCUT2D eigenvalue weighted by Crippen LogP contribution is -2.42. The Morgan fingerprint density at radius 3 is 3.16 bits per heavy atom. The maximum Gasteiger partial charge on any atom is 0.321 e. The van der Waals surface area contributed by atoms with Crippen LogP contribution in [-0.4, -0.2) is 21.7 Å². The van der Waals surface area contributed by atoms with Gasteiger partial charge in [0.1, 0.15) is 6.04 Å². The molecule has 98 valence electrons. The summed E-state index contributed by atoms with van der Waals surface area (Å²) in [6, 6.07) is 6.00. The minimum absolute atomic E-state index is 0.448. The topological polar surface area (TPSA) is 54.3 Å². The first-order valence-electron chi connectivity index (χ1n) is 6.84. The number of hydrogen-bond acceptors (Lipinski definition) is 2. The summed E-state index contributed by atoms with van der Waals surface area (Å²) in [6.07, 6.45) is 2.91. The molecule has 4 nitrogen and oxygen atoms in total. The van der Waals surface area contributed by atoms with E-state index < -0.39 is 12.0 Å². The molecule has 2 aliphatic rings. The van der Waals surface area contributed by atoms with Gasteiger partial charge in [-0.25, -0.2) is 0 Å². The molecule has 2 aliphatic heterocycles. The summed E-state index contributed by atoms with van der Waals surface area (Å²) in [6.45, 7) is 1.72. The summed E-state index contributed by atoms with van der Waals surface area (Å²) in [5.74, 6) is -0.752. The van der Waals surface area contributed by atoms with Gasteiger partial charge in [-0.15, -0.1) is 0 Å². The van der Waals surface area contributed by atoms with Crippen LogP contribution in [0.4, 0.5) is 0 Å². The van der Waals surface area contributed by atoms with E-state index in [1.54, 1.807) is 0 Å². The molecule has 0 saturated carbocycles. The van der Waals surface area contributed by atoms with Crippen LogP contribution in [-0.2, 0) is 30.7 Å². The van der Waals surface area contributed by atoms with Gasteiger partial charge in [0.05, 0.1) is 5.52 Å². The van der Waals surface area contributed by atoms with E-state index in [2.05, 4.69) is 28.1 Å². The van der Waals surface area contributed by atoms with Gasteiger partial charge in [0.2, 0.25) is 0 Å². The van der Waals surface area contributed by atoms with Gasteiger partial charge in [0, 0.05) is 30.6 Å². The van der Waals surface area contributed by atoms with Crippen LogP contribution in [0.2, 0.25) is 0 Å². The second-order valence-electron chi connectivity index (χ2n) is 5.47. The van der Waals surface area contributed by atoms with Crippen LogP contribution in [0.3, 0.4) is 0 Å². The van der Waals surface area contributed by atoms with Gasteiger partial charge in [-0.2, -0.15) is 0 Å².